The molecule has 0 saturated carbocycles. The monoisotopic (exact) mass is 410 g/mol. The molecule has 0 fully saturated rings. The maximum Gasteiger partial charge on any atom is 0.251 e. The molecular weight excluding hydrogens is 384 g/mol. The molecule has 0 unspecified atom stereocenters. The molecule has 3 rings (SSSR count). The van der Waals surface area contributed by atoms with Crippen LogP contribution in [0.25, 0.3) is 5.95 Å². The van der Waals surface area contributed by atoms with Crippen LogP contribution >= 0.6 is 0 Å². The first-order chi connectivity index (χ1) is 14.4. The molecule has 158 valence electrons. The van der Waals surface area contributed by atoms with Crippen molar-refractivity contribution in [3.05, 3.63) is 52.7 Å². The van der Waals surface area contributed by atoms with E-state index in [1.54, 1.807) is 30.1 Å². The summed E-state index contributed by atoms with van der Waals surface area (Å²) >= 11 is 0. The molecule has 30 heavy (non-hydrogen) atoms. The summed E-state index contributed by atoms with van der Waals surface area (Å²) in [6, 6.07) is 5.40. The second-order valence-corrected chi connectivity index (χ2v) is 6.93. The van der Waals surface area contributed by atoms with Crippen LogP contribution in [0.3, 0.4) is 0 Å². The topological polar surface area (TPSA) is 104 Å². The van der Waals surface area contributed by atoms with E-state index in [2.05, 4.69) is 25.4 Å². The lowest BCUT2D eigenvalue weighted by Crippen LogP contribution is -2.17. The number of rotatable bonds is 8. The molecule has 0 bridgehead atoms. The average Bonchev–Trinajstić information content (AvgIpc) is 2.97. The maximum absolute atomic E-state index is 12.7. The Kier molecular flexibility index (Phi) is 6.73. The highest BCUT2D eigenvalue weighted by Gasteiger charge is 2.18. The van der Waals surface area contributed by atoms with E-state index in [1.165, 1.54) is 0 Å². The lowest BCUT2D eigenvalue weighted by Gasteiger charge is -2.11. The van der Waals surface area contributed by atoms with E-state index in [4.69, 9.17) is 9.47 Å². The quantitative estimate of drug-likeness (QED) is 0.569. The Morgan fingerprint density at radius 2 is 1.87 bits per heavy atom. The van der Waals surface area contributed by atoms with Gasteiger partial charge >= 0.3 is 0 Å². The Labute approximate surface area is 175 Å². The van der Waals surface area contributed by atoms with E-state index in [0.717, 1.165) is 28.3 Å². The predicted molar refractivity (Wildman–Crippen MR) is 112 cm³/mol. The minimum absolute atomic E-state index is 0.162. The largest absolute Gasteiger partial charge is 0.474 e. The highest BCUT2D eigenvalue weighted by atomic mass is 16.5. The van der Waals surface area contributed by atoms with Gasteiger partial charge in [0.25, 0.3) is 5.95 Å². The van der Waals surface area contributed by atoms with Gasteiger partial charge in [-0.05, 0) is 45.9 Å². The van der Waals surface area contributed by atoms with Gasteiger partial charge in [0.1, 0.15) is 12.3 Å². The number of pyridine rings is 1. The van der Waals surface area contributed by atoms with Gasteiger partial charge in [-0.25, -0.2) is 19.6 Å². The number of hydrogen-bond donors (Lipinski definition) is 1. The molecule has 0 aliphatic rings. The second-order valence-electron chi connectivity index (χ2n) is 6.93. The van der Waals surface area contributed by atoms with Crippen LogP contribution in [0.4, 0.5) is 5.69 Å². The van der Waals surface area contributed by atoms with Crippen molar-refractivity contribution in [2.24, 2.45) is 0 Å². The molecular formula is C21H26N6O3. The number of aromatic nitrogens is 5. The van der Waals surface area contributed by atoms with Crippen LogP contribution in [0.5, 0.6) is 5.88 Å². The van der Waals surface area contributed by atoms with Crippen molar-refractivity contribution < 1.29 is 14.3 Å². The Balaban J connectivity index is 1.78. The molecule has 0 spiro atoms. The highest BCUT2D eigenvalue weighted by molar-refractivity contribution is 5.93. The molecule has 0 saturated heterocycles. The number of nitrogens with one attached hydrogen (secondary N) is 1. The van der Waals surface area contributed by atoms with Gasteiger partial charge in [0.15, 0.2) is 0 Å². The number of carbonyl (C=O) groups is 1. The first-order valence-corrected chi connectivity index (χ1v) is 9.63. The minimum Gasteiger partial charge on any atom is -0.474 e. The third-order valence-electron chi connectivity index (χ3n) is 4.51. The van der Waals surface area contributed by atoms with Gasteiger partial charge < -0.3 is 14.8 Å². The smallest absolute Gasteiger partial charge is 0.251 e. The average molecular weight is 410 g/mol. The molecule has 9 heteroatoms. The van der Waals surface area contributed by atoms with Crippen LogP contribution in [-0.4, -0.2) is 51.0 Å². The molecule has 0 aliphatic carbocycles. The molecule has 3 aromatic rings. The molecule has 0 aliphatic heterocycles. The SMILES string of the molecule is COCCOc1ncccc1NC(=O)Cc1c(C)nn(-c2nc(C)cc(C)n2)c1C. The number of hydrogen-bond acceptors (Lipinski definition) is 7. The van der Waals surface area contributed by atoms with Crippen molar-refractivity contribution >= 4 is 11.6 Å². The Bertz CT molecular complexity index is 1030. The molecule has 1 amide bonds. The summed E-state index contributed by atoms with van der Waals surface area (Å²) < 4.78 is 12.2. The summed E-state index contributed by atoms with van der Waals surface area (Å²) in [7, 11) is 1.60. The van der Waals surface area contributed by atoms with E-state index in [9.17, 15) is 4.79 Å². The maximum atomic E-state index is 12.7. The van der Waals surface area contributed by atoms with Crippen LogP contribution in [0.15, 0.2) is 24.4 Å². The van der Waals surface area contributed by atoms with E-state index in [-0.39, 0.29) is 12.3 Å². The van der Waals surface area contributed by atoms with Gasteiger partial charge in [0.2, 0.25) is 11.8 Å². The summed E-state index contributed by atoms with van der Waals surface area (Å²) in [5.74, 6) is 0.670. The number of carbonyl (C=O) groups excluding carboxylic acids is 1. The zero-order valence-corrected chi connectivity index (χ0v) is 17.9. The normalized spacial score (nSPS) is 10.8. The summed E-state index contributed by atoms with van der Waals surface area (Å²) in [4.78, 5) is 25.9. The lowest BCUT2D eigenvalue weighted by atomic mass is 10.1. The number of anilines is 1. The lowest BCUT2D eigenvalue weighted by molar-refractivity contribution is -0.115. The van der Waals surface area contributed by atoms with Crippen LogP contribution in [0, 0.1) is 27.7 Å². The fraction of sp³-hybridized carbons (Fsp3) is 0.381. The van der Waals surface area contributed by atoms with Gasteiger partial charge in [0.05, 0.1) is 18.7 Å². The van der Waals surface area contributed by atoms with E-state index in [1.807, 2.05) is 33.8 Å². The van der Waals surface area contributed by atoms with Crippen LogP contribution < -0.4 is 10.1 Å². The molecule has 9 nitrogen and oxygen atoms in total. The minimum atomic E-state index is -0.188. The van der Waals surface area contributed by atoms with Crippen molar-refractivity contribution in [1.82, 2.24) is 24.7 Å². The van der Waals surface area contributed by atoms with E-state index < -0.39 is 0 Å². The fourth-order valence-corrected chi connectivity index (χ4v) is 3.11. The first-order valence-electron chi connectivity index (χ1n) is 9.63. The van der Waals surface area contributed by atoms with Gasteiger partial charge in [-0.15, -0.1) is 0 Å². The zero-order chi connectivity index (χ0) is 21.7. The Morgan fingerprint density at radius 3 is 2.57 bits per heavy atom. The van der Waals surface area contributed by atoms with Crippen molar-refractivity contribution in [3.63, 3.8) is 0 Å². The third kappa shape index (κ3) is 4.98. The van der Waals surface area contributed by atoms with Gasteiger partial charge in [-0.1, -0.05) is 0 Å². The van der Waals surface area contributed by atoms with Crippen molar-refractivity contribution in [2.45, 2.75) is 34.1 Å². The summed E-state index contributed by atoms with van der Waals surface area (Å²) in [6.07, 6.45) is 1.77. The van der Waals surface area contributed by atoms with E-state index >= 15 is 0 Å². The van der Waals surface area contributed by atoms with Crippen molar-refractivity contribution in [1.29, 1.82) is 0 Å². The van der Waals surface area contributed by atoms with Gasteiger partial charge in [-0.2, -0.15) is 5.10 Å². The van der Waals surface area contributed by atoms with Crippen LogP contribution in [-0.2, 0) is 16.0 Å². The predicted octanol–water partition coefficient (Wildman–Crippen LogP) is 2.50. The fourth-order valence-electron chi connectivity index (χ4n) is 3.11. The third-order valence-corrected chi connectivity index (χ3v) is 4.51. The molecule has 0 radical (unpaired) electrons. The van der Waals surface area contributed by atoms with Crippen molar-refractivity contribution in [2.75, 3.05) is 25.6 Å². The Morgan fingerprint density at radius 1 is 1.13 bits per heavy atom. The number of ether oxygens (including phenoxy) is 2. The highest BCUT2D eigenvalue weighted by Crippen LogP contribution is 2.22. The summed E-state index contributed by atoms with van der Waals surface area (Å²) in [6.45, 7) is 8.39. The summed E-state index contributed by atoms with van der Waals surface area (Å²) in [5, 5.41) is 7.42. The summed E-state index contributed by atoms with van der Waals surface area (Å²) in [5.41, 5.74) is 4.66. The molecule has 3 heterocycles. The van der Waals surface area contributed by atoms with Gasteiger partial charge in [-0.3, -0.25) is 4.79 Å². The standard InChI is InChI=1S/C21H26N6O3/c1-13-11-14(2)24-21(23-13)27-16(4)17(15(3)26-27)12-19(28)25-18-7-6-8-22-20(18)30-10-9-29-5/h6-8,11H,9-10,12H2,1-5H3,(H,25,28). The van der Waals surface area contributed by atoms with Crippen LogP contribution in [0.1, 0.15) is 28.3 Å². The zero-order valence-electron chi connectivity index (χ0n) is 17.9. The molecule has 3 aromatic heterocycles. The van der Waals surface area contributed by atoms with E-state index in [0.29, 0.717) is 30.7 Å². The number of nitrogens with zero attached hydrogens (tertiary/aromatic N) is 5. The number of aryl methyl sites for hydroxylation is 3. The Hall–Kier alpha value is -3.33. The van der Waals surface area contributed by atoms with Crippen molar-refractivity contribution in [3.8, 4) is 11.8 Å². The first kappa shape index (κ1) is 21.4. The molecule has 0 aromatic carbocycles. The van der Waals surface area contributed by atoms with Gasteiger partial charge in [0, 0.05) is 36.0 Å². The number of methoxy groups -OCH3 is 1. The van der Waals surface area contributed by atoms with Crippen LogP contribution in [0.2, 0.25) is 0 Å². The second kappa shape index (κ2) is 9.45. The molecule has 1 N–H and O–H groups in total. The number of amides is 1. The molecule has 0 atom stereocenters.